The lowest BCUT2D eigenvalue weighted by Crippen LogP contribution is -2.36. The van der Waals surface area contributed by atoms with Crippen LogP contribution in [0.4, 0.5) is 5.82 Å². The normalized spacial score (nSPS) is 25.2. The van der Waals surface area contributed by atoms with E-state index in [1.807, 2.05) is 0 Å². The number of aromatic nitrogens is 2. The number of ether oxygens (including phenoxy) is 1. The first kappa shape index (κ1) is 11.3. The zero-order chi connectivity index (χ0) is 11.5. The Balaban J connectivity index is 1.96. The maximum absolute atomic E-state index is 5.55. The summed E-state index contributed by atoms with van der Waals surface area (Å²) in [6.45, 7) is 3.75. The molecule has 2 atom stereocenters. The van der Waals surface area contributed by atoms with Gasteiger partial charge in [0.15, 0.2) is 0 Å². The van der Waals surface area contributed by atoms with Gasteiger partial charge in [-0.05, 0) is 20.4 Å². The molecule has 1 saturated heterocycles. The highest BCUT2D eigenvalue weighted by atomic mass is 16.5. The molecule has 1 aliphatic rings. The first-order valence-electron chi connectivity index (χ1n) is 5.55. The van der Waals surface area contributed by atoms with Crippen molar-refractivity contribution in [2.75, 3.05) is 19.4 Å². The average Bonchev–Trinajstić information content (AvgIpc) is 2.68. The Labute approximate surface area is 95.6 Å². The summed E-state index contributed by atoms with van der Waals surface area (Å²) >= 11 is 0. The summed E-state index contributed by atoms with van der Waals surface area (Å²) in [5, 5.41) is 0. The van der Waals surface area contributed by atoms with Crippen LogP contribution in [-0.2, 0) is 11.3 Å². The van der Waals surface area contributed by atoms with E-state index in [9.17, 15) is 0 Å². The number of likely N-dealkylation sites (N-methyl/N-ethyl adjacent to an activating group) is 1. The minimum absolute atomic E-state index is 0.298. The molecule has 2 heterocycles. The van der Waals surface area contributed by atoms with Gasteiger partial charge < -0.3 is 10.5 Å². The molecular weight excluding hydrogens is 204 g/mol. The minimum Gasteiger partial charge on any atom is -0.382 e. The van der Waals surface area contributed by atoms with Crippen molar-refractivity contribution in [3.63, 3.8) is 0 Å². The van der Waals surface area contributed by atoms with Gasteiger partial charge in [-0.3, -0.25) is 9.88 Å². The number of hydrogen-bond acceptors (Lipinski definition) is 5. The third-order valence-electron chi connectivity index (χ3n) is 3.04. The standard InChI is InChI=1S/C11H18N4O/c1-8-10(3-4-16-8)15(2)7-9-5-14-11(12)6-13-9/h5-6,8,10H,3-4,7H2,1-2H3,(H2,12,14). The molecular formula is C11H18N4O. The number of nitrogen functional groups attached to an aromatic ring is 1. The molecule has 16 heavy (non-hydrogen) atoms. The van der Waals surface area contributed by atoms with Gasteiger partial charge in [-0.2, -0.15) is 0 Å². The molecule has 0 aliphatic carbocycles. The van der Waals surface area contributed by atoms with E-state index in [0.29, 0.717) is 18.0 Å². The van der Waals surface area contributed by atoms with Crippen molar-refractivity contribution in [3.05, 3.63) is 18.1 Å². The lowest BCUT2D eigenvalue weighted by Gasteiger charge is -2.25. The first-order valence-corrected chi connectivity index (χ1v) is 5.55. The Kier molecular flexibility index (Phi) is 3.36. The summed E-state index contributed by atoms with van der Waals surface area (Å²) in [5.74, 6) is 0.462. The van der Waals surface area contributed by atoms with Crippen LogP contribution < -0.4 is 5.73 Å². The molecule has 5 nitrogen and oxygen atoms in total. The van der Waals surface area contributed by atoms with Crippen LogP contribution in [-0.4, -0.2) is 40.7 Å². The summed E-state index contributed by atoms with van der Waals surface area (Å²) in [6, 6.07) is 0.472. The third-order valence-corrected chi connectivity index (χ3v) is 3.04. The molecule has 0 saturated carbocycles. The average molecular weight is 222 g/mol. The van der Waals surface area contributed by atoms with Crippen molar-refractivity contribution in [1.82, 2.24) is 14.9 Å². The lowest BCUT2D eigenvalue weighted by molar-refractivity contribution is 0.0810. The van der Waals surface area contributed by atoms with Crippen molar-refractivity contribution in [3.8, 4) is 0 Å². The van der Waals surface area contributed by atoms with Crippen LogP contribution in [0, 0.1) is 0 Å². The lowest BCUT2D eigenvalue weighted by atomic mass is 10.1. The van der Waals surface area contributed by atoms with Gasteiger partial charge >= 0.3 is 0 Å². The highest BCUT2D eigenvalue weighted by molar-refractivity contribution is 5.22. The van der Waals surface area contributed by atoms with Crippen molar-refractivity contribution < 1.29 is 4.74 Å². The van der Waals surface area contributed by atoms with E-state index in [1.54, 1.807) is 12.4 Å². The van der Waals surface area contributed by atoms with Crippen LogP contribution in [0.25, 0.3) is 0 Å². The molecule has 1 aliphatic heterocycles. The number of anilines is 1. The summed E-state index contributed by atoms with van der Waals surface area (Å²) in [6.07, 6.45) is 4.70. The second kappa shape index (κ2) is 4.76. The molecule has 88 valence electrons. The Bertz CT molecular complexity index is 340. The van der Waals surface area contributed by atoms with Gasteiger partial charge in [-0.25, -0.2) is 4.98 Å². The third kappa shape index (κ3) is 2.48. The van der Waals surface area contributed by atoms with Crippen molar-refractivity contribution in [2.45, 2.75) is 32.0 Å². The summed E-state index contributed by atoms with van der Waals surface area (Å²) in [5.41, 5.74) is 6.44. The fourth-order valence-electron chi connectivity index (χ4n) is 2.12. The monoisotopic (exact) mass is 222 g/mol. The number of nitrogens with zero attached hydrogens (tertiary/aromatic N) is 3. The van der Waals surface area contributed by atoms with Gasteiger partial charge in [0.25, 0.3) is 0 Å². The van der Waals surface area contributed by atoms with E-state index in [4.69, 9.17) is 10.5 Å². The van der Waals surface area contributed by atoms with Gasteiger partial charge in [0, 0.05) is 19.2 Å². The molecule has 2 unspecified atom stereocenters. The topological polar surface area (TPSA) is 64.3 Å². The number of rotatable bonds is 3. The Morgan fingerprint density at radius 2 is 2.31 bits per heavy atom. The van der Waals surface area contributed by atoms with E-state index in [2.05, 4.69) is 28.8 Å². The van der Waals surface area contributed by atoms with E-state index >= 15 is 0 Å². The molecule has 1 fully saturated rings. The summed E-state index contributed by atoms with van der Waals surface area (Å²) in [4.78, 5) is 10.5. The summed E-state index contributed by atoms with van der Waals surface area (Å²) < 4.78 is 5.55. The number of hydrogen-bond donors (Lipinski definition) is 1. The predicted molar refractivity (Wildman–Crippen MR) is 61.7 cm³/mol. The smallest absolute Gasteiger partial charge is 0.141 e. The second-order valence-electron chi connectivity index (χ2n) is 4.28. The maximum atomic E-state index is 5.55. The quantitative estimate of drug-likeness (QED) is 0.814. The SMILES string of the molecule is CC1OCCC1N(C)Cc1cnc(N)cn1. The van der Waals surface area contributed by atoms with Gasteiger partial charge in [0.1, 0.15) is 5.82 Å². The molecule has 2 N–H and O–H groups in total. The van der Waals surface area contributed by atoms with Gasteiger partial charge in [-0.1, -0.05) is 0 Å². The van der Waals surface area contributed by atoms with Crippen LogP contribution in [0.1, 0.15) is 19.0 Å². The molecule has 0 amide bonds. The van der Waals surface area contributed by atoms with Gasteiger partial charge in [0.2, 0.25) is 0 Å². The van der Waals surface area contributed by atoms with E-state index < -0.39 is 0 Å². The maximum Gasteiger partial charge on any atom is 0.141 e. The molecule has 0 radical (unpaired) electrons. The largest absolute Gasteiger partial charge is 0.382 e. The number of nitrogens with two attached hydrogens (primary N) is 1. The van der Waals surface area contributed by atoms with Crippen LogP contribution in [0.2, 0.25) is 0 Å². The highest BCUT2D eigenvalue weighted by Gasteiger charge is 2.27. The molecule has 0 aromatic carbocycles. The van der Waals surface area contributed by atoms with Gasteiger partial charge in [0.05, 0.1) is 24.2 Å². The van der Waals surface area contributed by atoms with Crippen LogP contribution in [0.3, 0.4) is 0 Å². The molecule has 2 rings (SSSR count). The molecule has 0 bridgehead atoms. The molecule has 0 spiro atoms. The van der Waals surface area contributed by atoms with Crippen molar-refractivity contribution >= 4 is 5.82 Å². The van der Waals surface area contributed by atoms with Gasteiger partial charge in [-0.15, -0.1) is 0 Å². The first-order chi connectivity index (χ1) is 7.66. The van der Waals surface area contributed by atoms with E-state index in [-0.39, 0.29) is 0 Å². The second-order valence-corrected chi connectivity index (χ2v) is 4.28. The minimum atomic E-state index is 0.298. The van der Waals surface area contributed by atoms with Crippen LogP contribution in [0.5, 0.6) is 0 Å². The fraction of sp³-hybridized carbons (Fsp3) is 0.636. The van der Waals surface area contributed by atoms with Crippen molar-refractivity contribution in [2.24, 2.45) is 0 Å². The Morgan fingerprint density at radius 1 is 1.50 bits per heavy atom. The highest BCUT2D eigenvalue weighted by Crippen LogP contribution is 2.19. The van der Waals surface area contributed by atoms with Crippen molar-refractivity contribution in [1.29, 1.82) is 0 Å². The predicted octanol–water partition coefficient (Wildman–Crippen LogP) is 0.668. The molecule has 1 aromatic rings. The zero-order valence-corrected chi connectivity index (χ0v) is 9.76. The van der Waals surface area contributed by atoms with E-state index in [0.717, 1.165) is 25.3 Å². The summed E-state index contributed by atoms with van der Waals surface area (Å²) in [7, 11) is 2.09. The Hall–Kier alpha value is -1.20. The molecule has 1 aromatic heterocycles. The Morgan fingerprint density at radius 3 is 2.88 bits per heavy atom. The van der Waals surface area contributed by atoms with Crippen LogP contribution >= 0.6 is 0 Å². The molecule has 5 heteroatoms. The zero-order valence-electron chi connectivity index (χ0n) is 9.76. The van der Waals surface area contributed by atoms with Crippen LogP contribution in [0.15, 0.2) is 12.4 Å². The van der Waals surface area contributed by atoms with E-state index in [1.165, 1.54) is 0 Å². The fourth-order valence-corrected chi connectivity index (χ4v) is 2.12.